The number of rotatable bonds is 5. The van der Waals surface area contributed by atoms with Crippen molar-refractivity contribution < 1.29 is 19.1 Å². The summed E-state index contributed by atoms with van der Waals surface area (Å²) in [5.41, 5.74) is 0.899. The molecule has 2 N–H and O–H groups in total. The van der Waals surface area contributed by atoms with Crippen LogP contribution >= 0.6 is 15.9 Å². The molecule has 118 valence electrons. The van der Waals surface area contributed by atoms with E-state index in [1.807, 2.05) is 20.8 Å². The van der Waals surface area contributed by atoms with Crippen molar-refractivity contribution in [2.24, 2.45) is 0 Å². The first-order valence-corrected chi connectivity index (χ1v) is 7.67. The van der Waals surface area contributed by atoms with Crippen LogP contribution in [0, 0.1) is 0 Å². The maximum absolute atomic E-state index is 11.6. The number of hydrogen-bond donors (Lipinski definition) is 2. The summed E-state index contributed by atoms with van der Waals surface area (Å²) in [4.78, 5) is 22.7. The van der Waals surface area contributed by atoms with Crippen LogP contribution < -0.4 is 20.1 Å². The second kappa shape index (κ2) is 6.83. The van der Waals surface area contributed by atoms with Crippen molar-refractivity contribution in [3.63, 3.8) is 0 Å². The molecule has 0 radical (unpaired) electrons. The van der Waals surface area contributed by atoms with Crippen LogP contribution in [0.1, 0.15) is 26.3 Å². The minimum atomic E-state index is -0.528. The molecule has 1 aromatic rings. The van der Waals surface area contributed by atoms with E-state index in [-0.39, 0.29) is 11.8 Å². The van der Waals surface area contributed by atoms with Gasteiger partial charge in [-0.3, -0.25) is 10.1 Å². The third kappa shape index (κ3) is 3.79. The Morgan fingerprint density at radius 3 is 2.55 bits per heavy atom. The zero-order valence-corrected chi connectivity index (χ0v) is 14.1. The molecule has 1 aromatic carbocycles. The van der Waals surface area contributed by atoms with Crippen LogP contribution in [0.5, 0.6) is 11.5 Å². The summed E-state index contributed by atoms with van der Waals surface area (Å²) in [6, 6.07) is 3.03. The molecule has 0 atom stereocenters. The van der Waals surface area contributed by atoms with Gasteiger partial charge in [0.05, 0.1) is 17.2 Å². The fraction of sp³-hybridized carbons (Fsp3) is 0.333. The van der Waals surface area contributed by atoms with Crippen LogP contribution in [0.4, 0.5) is 4.79 Å². The Bertz CT molecular complexity index is 641. The molecular formula is C15H17BrN2O4. The van der Waals surface area contributed by atoms with Gasteiger partial charge in [0, 0.05) is 0 Å². The summed E-state index contributed by atoms with van der Waals surface area (Å²) in [5, 5.41) is 4.60. The zero-order chi connectivity index (χ0) is 16.3. The Morgan fingerprint density at radius 2 is 2.00 bits per heavy atom. The Balaban J connectivity index is 2.40. The minimum Gasteiger partial charge on any atom is -0.490 e. The van der Waals surface area contributed by atoms with E-state index in [0.29, 0.717) is 28.1 Å². The van der Waals surface area contributed by atoms with Gasteiger partial charge in [-0.15, -0.1) is 0 Å². The van der Waals surface area contributed by atoms with Crippen molar-refractivity contribution in [3.8, 4) is 11.5 Å². The van der Waals surface area contributed by atoms with E-state index in [1.54, 1.807) is 18.2 Å². The molecule has 1 aliphatic rings. The summed E-state index contributed by atoms with van der Waals surface area (Å²) < 4.78 is 12.1. The monoisotopic (exact) mass is 368 g/mol. The van der Waals surface area contributed by atoms with E-state index in [1.165, 1.54) is 0 Å². The fourth-order valence-corrected chi connectivity index (χ4v) is 2.49. The van der Waals surface area contributed by atoms with Crippen LogP contribution in [-0.4, -0.2) is 24.6 Å². The first-order valence-electron chi connectivity index (χ1n) is 6.87. The van der Waals surface area contributed by atoms with E-state index >= 15 is 0 Å². The first-order chi connectivity index (χ1) is 10.4. The summed E-state index contributed by atoms with van der Waals surface area (Å²) in [7, 11) is 0. The number of imide groups is 1. The lowest BCUT2D eigenvalue weighted by molar-refractivity contribution is -0.115. The van der Waals surface area contributed by atoms with Crippen LogP contribution in [0.15, 0.2) is 22.3 Å². The highest BCUT2D eigenvalue weighted by atomic mass is 79.9. The third-order valence-corrected chi connectivity index (χ3v) is 3.31. The summed E-state index contributed by atoms with van der Waals surface area (Å²) in [5.74, 6) is 0.725. The number of urea groups is 1. The molecule has 0 aliphatic carbocycles. The molecular weight excluding hydrogens is 352 g/mol. The van der Waals surface area contributed by atoms with Crippen molar-refractivity contribution in [1.29, 1.82) is 0 Å². The van der Waals surface area contributed by atoms with E-state index in [9.17, 15) is 9.59 Å². The average Bonchev–Trinajstić information content (AvgIpc) is 2.72. The molecule has 6 nitrogen and oxygen atoms in total. The van der Waals surface area contributed by atoms with Gasteiger partial charge >= 0.3 is 6.03 Å². The highest BCUT2D eigenvalue weighted by Gasteiger charge is 2.23. The SMILES string of the molecule is CCOc1cc(/C=C2\NC(=O)NC2=O)cc(Br)c1OC(C)C. The Morgan fingerprint density at radius 1 is 1.27 bits per heavy atom. The standard InChI is InChI=1S/C15H17BrN2O4/c1-4-21-12-7-9(5-10(16)13(12)22-8(2)3)6-11-14(19)18-15(20)17-11/h5-8H,4H2,1-3H3,(H2,17,18,19,20)/b11-6-. The molecule has 1 fully saturated rings. The predicted octanol–water partition coefficient (Wildman–Crippen LogP) is 2.82. The predicted molar refractivity (Wildman–Crippen MR) is 85.7 cm³/mol. The van der Waals surface area contributed by atoms with Gasteiger partial charge in [-0.2, -0.15) is 0 Å². The van der Waals surface area contributed by atoms with Crippen molar-refractivity contribution in [2.75, 3.05) is 6.61 Å². The number of ether oxygens (including phenoxy) is 2. The highest BCUT2D eigenvalue weighted by Crippen LogP contribution is 2.38. The number of carbonyl (C=O) groups is 2. The number of amides is 3. The van der Waals surface area contributed by atoms with Gasteiger partial charge in [-0.05, 0) is 60.5 Å². The average molecular weight is 369 g/mol. The lowest BCUT2D eigenvalue weighted by atomic mass is 10.1. The van der Waals surface area contributed by atoms with Crippen molar-refractivity contribution in [1.82, 2.24) is 10.6 Å². The molecule has 0 spiro atoms. The number of hydrogen-bond acceptors (Lipinski definition) is 4. The molecule has 0 saturated carbocycles. The van der Waals surface area contributed by atoms with Crippen LogP contribution in [0.25, 0.3) is 6.08 Å². The van der Waals surface area contributed by atoms with Crippen molar-refractivity contribution >= 4 is 33.9 Å². The van der Waals surface area contributed by atoms with Gasteiger partial charge in [-0.1, -0.05) is 0 Å². The van der Waals surface area contributed by atoms with Gasteiger partial charge in [0.25, 0.3) is 5.91 Å². The largest absolute Gasteiger partial charge is 0.490 e. The van der Waals surface area contributed by atoms with Crippen LogP contribution in [-0.2, 0) is 4.79 Å². The van der Waals surface area contributed by atoms with E-state index in [2.05, 4.69) is 26.6 Å². The molecule has 1 saturated heterocycles. The Kier molecular flexibility index (Phi) is 5.07. The molecule has 22 heavy (non-hydrogen) atoms. The summed E-state index contributed by atoms with van der Waals surface area (Å²) in [6.45, 7) is 6.22. The molecule has 2 rings (SSSR count). The highest BCUT2D eigenvalue weighted by molar-refractivity contribution is 9.10. The summed E-state index contributed by atoms with van der Waals surface area (Å²) in [6.07, 6.45) is 1.58. The lowest BCUT2D eigenvalue weighted by Crippen LogP contribution is -2.22. The maximum Gasteiger partial charge on any atom is 0.326 e. The molecule has 7 heteroatoms. The molecule has 0 unspecified atom stereocenters. The maximum atomic E-state index is 11.6. The molecule has 3 amide bonds. The fourth-order valence-electron chi connectivity index (χ4n) is 1.93. The smallest absolute Gasteiger partial charge is 0.326 e. The number of nitrogens with one attached hydrogen (secondary N) is 2. The zero-order valence-electron chi connectivity index (χ0n) is 12.5. The van der Waals surface area contributed by atoms with Crippen molar-refractivity contribution in [2.45, 2.75) is 26.9 Å². The topological polar surface area (TPSA) is 76.7 Å². The van der Waals surface area contributed by atoms with Gasteiger partial charge in [0.2, 0.25) is 0 Å². The van der Waals surface area contributed by atoms with Gasteiger partial charge < -0.3 is 14.8 Å². The second-order valence-corrected chi connectivity index (χ2v) is 5.75. The lowest BCUT2D eigenvalue weighted by Gasteiger charge is -2.17. The number of carbonyl (C=O) groups excluding carboxylic acids is 2. The molecule has 1 heterocycles. The molecule has 0 bridgehead atoms. The normalized spacial score (nSPS) is 16.0. The summed E-state index contributed by atoms with van der Waals surface area (Å²) >= 11 is 3.45. The van der Waals surface area contributed by atoms with E-state index in [0.717, 1.165) is 0 Å². The van der Waals surface area contributed by atoms with Gasteiger partial charge in [0.1, 0.15) is 5.70 Å². The first kappa shape index (κ1) is 16.4. The third-order valence-electron chi connectivity index (χ3n) is 2.72. The molecule has 1 aliphatic heterocycles. The van der Waals surface area contributed by atoms with E-state index < -0.39 is 11.9 Å². The Hall–Kier alpha value is -2.02. The number of halogens is 1. The Labute approximate surface area is 137 Å². The van der Waals surface area contributed by atoms with Gasteiger partial charge in [0.15, 0.2) is 11.5 Å². The van der Waals surface area contributed by atoms with Crippen molar-refractivity contribution in [3.05, 3.63) is 27.9 Å². The van der Waals surface area contributed by atoms with E-state index in [4.69, 9.17) is 9.47 Å². The van der Waals surface area contributed by atoms with Crippen LogP contribution in [0.2, 0.25) is 0 Å². The minimum absolute atomic E-state index is 0.000362. The second-order valence-electron chi connectivity index (χ2n) is 4.90. The van der Waals surface area contributed by atoms with Gasteiger partial charge in [-0.25, -0.2) is 4.79 Å². The number of benzene rings is 1. The van der Waals surface area contributed by atoms with Crippen LogP contribution in [0.3, 0.4) is 0 Å². The molecule has 0 aromatic heterocycles. The quantitative estimate of drug-likeness (QED) is 0.618.